The number of nitrogens with zero attached hydrogens (tertiary/aromatic N) is 6. The summed E-state index contributed by atoms with van der Waals surface area (Å²) in [5.41, 5.74) is 1.29. The summed E-state index contributed by atoms with van der Waals surface area (Å²) < 4.78 is 16.3. The zero-order valence-corrected chi connectivity index (χ0v) is 20.6. The second-order valence-electron chi connectivity index (χ2n) is 11.2. The molecule has 2 aliphatic heterocycles. The molecule has 0 bridgehead atoms. The van der Waals surface area contributed by atoms with E-state index in [4.69, 9.17) is 5.10 Å². The van der Waals surface area contributed by atoms with Crippen LogP contribution in [0.4, 0.5) is 20.7 Å². The van der Waals surface area contributed by atoms with Gasteiger partial charge in [0, 0.05) is 31.4 Å². The lowest BCUT2D eigenvalue weighted by atomic mass is 9.91. The van der Waals surface area contributed by atoms with Crippen LogP contribution < -0.4 is 10.2 Å². The molecule has 9 nitrogen and oxygen atoms in total. The number of carbonyl (C=O) groups excluding carboxylic acids is 1. The fraction of sp³-hybridized carbons (Fsp3) is 0.600. The molecule has 186 valence electrons. The number of hydrogen-bond donors (Lipinski definition) is 2. The second kappa shape index (κ2) is 7.93. The van der Waals surface area contributed by atoms with Crippen molar-refractivity contribution in [3.05, 3.63) is 18.5 Å². The first-order valence-electron chi connectivity index (χ1n) is 12.7. The minimum Gasteiger partial charge on any atom is -0.354 e. The zero-order valence-electron chi connectivity index (χ0n) is 20.6. The molecule has 10 heteroatoms. The van der Waals surface area contributed by atoms with Crippen LogP contribution >= 0.6 is 0 Å². The number of carbonyl (C=O) groups is 1. The molecule has 0 aromatic carbocycles. The molecule has 5 heterocycles. The Bertz CT molecular complexity index is 1270. The first-order chi connectivity index (χ1) is 16.7. The Kier molecular flexibility index (Phi) is 5.05. The number of hydrogen-bond acceptors (Lipinski definition) is 5. The van der Waals surface area contributed by atoms with Gasteiger partial charge < -0.3 is 15.1 Å². The molecular formula is C25H33FN8O. The predicted molar refractivity (Wildman–Crippen MR) is 133 cm³/mol. The van der Waals surface area contributed by atoms with E-state index in [0.29, 0.717) is 23.0 Å². The van der Waals surface area contributed by atoms with Crippen molar-refractivity contribution >= 4 is 28.4 Å². The van der Waals surface area contributed by atoms with Crippen molar-refractivity contribution in [1.82, 2.24) is 29.9 Å². The molecule has 1 spiro atoms. The number of amides is 2. The number of nitrogens with one attached hydrogen (secondary N) is 2. The number of likely N-dealkylation sites (tertiary alicyclic amines) is 1. The Morgan fingerprint density at radius 3 is 2.77 bits per heavy atom. The van der Waals surface area contributed by atoms with E-state index in [1.807, 2.05) is 11.0 Å². The van der Waals surface area contributed by atoms with Crippen molar-refractivity contribution in [3.8, 4) is 11.4 Å². The second-order valence-corrected chi connectivity index (χ2v) is 11.2. The van der Waals surface area contributed by atoms with E-state index in [-0.39, 0.29) is 18.1 Å². The average Bonchev–Trinajstić information content (AvgIpc) is 3.20. The first kappa shape index (κ1) is 22.3. The Balaban J connectivity index is 1.31. The molecule has 3 aliphatic rings. The number of halogens is 1. The van der Waals surface area contributed by atoms with Gasteiger partial charge in [0.1, 0.15) is 11.4 Å². The van der Waals surface area contributed by atoms with Crippen LogP contribution in [0, 0.1) is 5.92 Å². The first-order valence-corrected chi connectivity index (χ1v) is 12.7. The van der Waals surface area contributed by atoms with Crippen LogP contribution in [0.15, 0.2) is 18.5 Å². The highest BCUT2D eigenvalue weighted by atomic mass is 19.1. The molecule has 6 rings (SSSR count). The summed E-state index contributed by atoms with van der Waals surface area (Å²) in [6.07, 6.45) is 8.81. The van der Waals surface area contributed by atoms with Gasteiger partial charge in [0.15, 0.2) is 5.82 Å². The van der Waals surface area contributed by atoms with Gasteiger partial charge in [-0.1, -0.05) is 6.92 Å². The van der Waals surface area contributed by atoms with Crippen molar-refractivity contribution in [2.24, 2.45) is 5.92 Å². The normalized spacial score (nSPS) is 21.4. The van der Waals surface area contributed by atoms with E-state index in [2.05, 4.69) is 32.3 Å². The van der Waals surface area contributed by atoms with Crippen LogP contribution in [0.5, 0.6) is 0 Å². The molecule has 1 saturated carbocycles. The molecule has 35 heavy (non-hydrogen) atoms. The standard InChI is InChI=1S/C25H33FN8O/c1-16-5-10-33(25(12-16)6-7-25)23(35)29-19-14-28-30-21(19)18-11-20-17(13-27-18)22(32-8-4-9-32)31-34(20)15-24(2,3)26/h11,13-14,16H,4-10,12,15H2,1-3H3,(H,28,30)(H,29,35). The number of rotatable bonds is 5. The van der Waals surface area contributed by atoms with Gasteiger partial charge in [0.2, 0.25) is 0 Å². The molecule has 3 aromatic rings. The lowest BCUT2D eigenvalue weighted by molar-refractivity contribution is 0.128. The molecule has 1 unspecified atom stereocenters. The van der Waals surface area contributed by atoms with Crippen molar-refractivity contribution < 1.29 is 9.18 Å². The number of aromatic amines is 1. The molecule has 1 aliphatic carbocycles. The summed E-state index contributed by atoms with van der Waals surface area (Å²) >= 11 is 0. The molecular weight excluding hydrogens is 447 g/mol. The van der Waals surface area contributed by atoms with Gasteiger partial charge in [-0.05, 0) is 57.9 Å². The highest BCUT2D eigenvalue weighted by molar-refractivity contribution is 5.96. The number of alkyl halides is 1. The predicted octanol–water partition coefficient (Wildman–Crippen LogP) is 4.58. The van der Waals surface area contributed by atoms with Crippen LogP contribution in [0.25, 0.3) is 22.3 Å². The molecule has 3 aromatic heterocycles. The van der Waals surface area contributed by atoms with Gasteiger partial charge in [-0.3, -0.25) is 14.8 Å². The minimum absolute atomic E-state index is 0.0295. The summed E-state index contributed by atoms with van der Waals surface area (Å²) in [6.45, 7) is 8.20. The SMILES string of the molecule is CC1CCN(C(=O)Nc2cn[nH]c2-c2cc3c(cn2)c(N2CCC2)nn3CC(C)(C)F)C2(CC2)C1. The summed E-state index contributed by atoms with van der Waals surface area (Å²) in [4.78, 5) is 22.1. The number of H-pyrrole nitrogens is 1. The maximum absolute atomic E-state index is 14.6. The van der Waals surface area contributed by atoms with Crippen molar-refractivity contribution in [2.45, 2.75) is 70.6 Å². The molecule has 1 atom stereocenters. The smallest absolute Gasteiger partial charge is 0.322 e. The average molecular weight is 481 g/mol. The van der Waals surface area contributed by atoms with Gasteiger partial charge in [0.05, 0.1) is 35.0 Å². The lowest BCUT2D eigenvalue weighted by Gasteiger charge is -2.39. The summed E-state index contributed by atoms with van der Waals surface area (Å²) in [7, 11) is 0. The number of pyridine rings is 1. The van der Waals surface area contributed by atoms with Gasteiger partial charge >= 0.3 is 6.03 Å². The van der Waals surface area contributed by atoms with Gasteiger partial charge in [-0.15, -0.1) is 0 Å². The third-order valence-corrected chi connectivity index (χ3v) is 7.65. The minimum atomic E-state index is -1.41. The zero-order chi connectivity index (χ0) is 24.4. The Hall–Kier alpha value is -3.17. The molecule has 3 fully saturated rings. The van der Waals surface area contributed by atoms with E-state index in [1.54, 1.807) is 30.9 Å². The summed E-state index contributed by atoms with van der Waals surface area (Å²) in [6, 6.07) is 1.83. The molecule has 0 radical (unpaired) electrons. The fourth-order valence-corrected chi connectivity index (χ4v) is 5.57. The highest BCUT2D eigenvalue weighted by Gasteiger charge is 2.52. The van der Waals surface area contributed by atoms with Gasteiger partial charge in [0.25, 0.3) is 0 Å². The maximum atomic E-state index is 14.6. The Morgan fingerprint density at radius 2 is 2.09 bits per heavy atom. The third kappa shape index (κ3) is 4.02. The fourth-order valence-electron chi connectivity index (χ4n) is 5.57. The number of anilines is 2. The van der Waals surface area contributed by atoms with Crippen LogP contribution in [0.1, 0.15) is 52.9 Å². The van der Waals surface area contributed by atoms with Gasteiger partial charge in [-0.25, -0.2) is 9.18 Å². The molecule has 2 saturated heterocycles. The topological polar surface area (TPSA) is 95.0 Å². The molecule has 2 amide bonds. The van der Waals surface area contributed by atoms with Crippen molar-refractivity contribution in [3.63, 3.8) is 0 Å². The van der Waals surface area contributed by atoms with Crippen molar-refractivity contribution in [2.75, 3.05) is 29.9 Å². The highest BCUT2D eigenvalue weighted by Crippen LogP contribution is 2.50. The van der Waals surface area contributed by atoms with Crippen LogP contribution in [-0.4, -0.2) is 66.7 Å². The van der Waals surface area contributed by atoms with E-state index in [1.165, 1.54) is 0 Å². The van der Waals surface area contributed by atoms with Crippen LogP contribution in [0.3, 0.4) is 0 Å². The number of aromatic nitrogens is 5. The largest absolute Gasteiger partial charge is 0.354 e. The van der Waals surface area contributed by atoms with E-state index >= 15 is 0 Å². The third-order valence-electron chi connectivity index (χ3n) is 7.65. The lowest BCUT2D eigenvalue weighted by Crippen LogP contribution is -2.49. The molecule has 2 N–H and O–H groups in total. The monoisotopic (exact) mass is 480 g/mol. The van der Waals surface area contributed by atoms with Crippen LogP contribution in [0.2, 0.25) is 0 Å². The summed E-state index contributed by atoms with van der Waals surface area (Å²) in [5, 5.41) is 15.9. The quantitative estimate of drug-likeness (QED) is 0.558. The number of urea groups is 1. The van der Waals surface area contributed by atoms with Crippen molar-refractivity contribution in [1.29, 1.82) is 0 Å². The van der Waals surface area contributed by atoms with Gasteiger partial charge in [-0.2, -0.15) is 10.2 Å². The van der Waals surface area contributed by atoms with E-state index in [0.717, 1.165) is 68.5 Å². The number of fused-ring (bicyclic) bond motifs is 1. The van der Waals surface area contributed by atoms with Crippen LogP contribution in [-0.2, 0) is 6.54 Å². The Morgan fingerprint density at radius 1 is 1.29 bits per heavy atom. The van der Waals surface area contributed by atoms with E-state index in [9.17, 15) is 9.18 Å². The van der Waals surface area contributed by atoms with E-state index < -0.39 is 5.67 Å². The maximum Gasteiger partial charge on any atom is 0.322 e. The number of piperidine rings is 1. The Labute approximate surface area is 204 Å². The summed E-state index contributed by atoms with van der Waals surface area (Å²) in [5.74, 6) is 1.50.